The zero-order valence-electron chi connectivity index (χ0n) is 12.8. The molecule has 1 aromatic rings. The maximum absolute atomic E-state index is 14.3. The SMILES string of the molecule is C=CC1CC=C(c2ccc(CCCCC)c(F)c2F)CC1. The van der Waals surface area contributed by atoms with Crippen LogP contribution in [0.1, 0.15) is 56.6 Å². The molecule has 0 fully saturated rings. The van der Waals surface area contributed by atoms with E-state index in [4.69, 9.17) is 0 Å². The van der Waals surface area contributed by atoms with Crippen molar-refractivity contribution >= 4 is 5.57 Å². The van der Waals surface area contributed by atoms with Gasteiger partial charge in [0, 0.05) is 5.56 Å². The van der Waals surface area contributed by atoms with E-state index >= 15 is 0 Å². The fraction of sp³-hybridized carbons (Fsp3) is 0.474. The monoisotopic (exact) mass is 290 g/mol. The normalized spacial score (nSPS) is 18.4. The molecule has 1 aliphatic carbocycles. The van der Waals surface area contributed by atoms with E-state index in [-0.39, 0.29) is 0 Å². The Balaban J connectivity index is 2.17. The molecule has 1 atom stereocenters. The minimum absolute atomic E-state index is 0.439. The third-order valence-corrected chi connectivity index (χ3v) is 4.34. The van der Waals surface area contributed by atoms with Gasteiger partial charge in [-0.25, -0.2) is 8.78 Å². The molecule has 114 valence electrons. The quantitative estimate of drug-likeness (QED) is 0.441. The van der Waals surface area contributed by atoms with Gasteiger partial charge in [-0.1, -0.05) is 44.1 Å². The van der Waals surface area contributed by atoms with Gasteiger partial charge in [-0.05, 0) is 49.2 Å². The summed E-state index contributed by atoms with van der Waals surface area (Å²) in [4.78, 5) is 0. The Morgan fingerprint density at radius 3 is 2.67 bits per heavy atom. The van der Waals surface area contributed by atoms with Crippen LogP contribution in [0.25, 0.3) is 5.57 Å². The lowest BCUT2D eigenvalue weighted by molar-refractivity contribution is 0.492. The molecule has 0 saturated carbocycles. The van der Waals surface area contributed by atoms with Crippen LogP contribution in [0.3, 0.4) is 0 Å². The van der Waals surface area contributed by atoms with E-state index in [1.54, 1.807) is 12.1 Å². The third-order valence-electron chi connectivity index (χ3n) is 4.34. The maximum atomic E-state index is 14.3. The predicted octanol–water partition coefficient (Wildman–Crippen LogP) is 6.07. The predicted molar refractivity (Wildman–Crippen MR) is 85.1 cm³/mol. The molecule has 0 heterocycles. The number of aryl methyl sites for hydroxylation is 1. The fourth-order valence-electron chi connectivity index (χ4n) is 2.91. The molecular formula is C19H24F2. The van der Waals surface area contributed by atoms with E-state index in [1.807, 2.05) is 12.2 Å². The van der Waals surface area contributed by atoms with Crippen LogP contribution in [0.5, 0.6) is 0 Å². The van der Waals surface area contributed by atoms with Crippen molar-refractivity contribution < 1.29 is 8.78 Å². The Morgan fingerprint density at radius 2 is 2.05 bits per heavy atom. The van der Waals surface area contributed by atoms with Gasteiger partial charge in [0.25, 0.3) is 0 Å². The summed E-state index contributed by atoms with van der Waals surface area (Å²) >= 11 is 0. The molecule has 0 saturated heterocycles. The lowest BCUT2D eigenvalue weighted by Gasteiger charge is -2.20. The van der Waals surface area contributed by atoms with Crippen LogP contribution < -0.4 is 0 Å². The van der Waals surface area contributed by atoms with Gasteiger partial charge < -0.3 is 0 Å². The third kappa shape index (κ3) is 3.81. The Bertz CT molecular complexity index is 529. The number of hydrogen-bond acceptors (Lipinski definition) is 0. The first-order valence-electron chi connectivity index (χ1n) is 7.96. The Labute approximate surface area is 126 Å². The van der Waals surface area contributed by atoms with Crippen LogP contribution in [-0.4, -0.2) is 0 Å². The highest BCUT2D eigenvalue weighted by atomic mass is 19.2. The van der Waals surface area contributed by atoms with Crippen molar-refractivity contribution in [2.45, 2.75) is 51.9 Å². The van der Waals surface area contributed by atoms with Crippen molar-refractivity contribution in [2.24, 2.45) is 5.92 Å². The zero-order chi connectivity index (χ0) is 15.2. The van der Waals surface area contributed by atoms with Gasteiger partial charge in [-0.3, -0.25) is 0 Å². The molecular weight excluding hydrogens is 266 g/mol. The summed E-state index contributed by atoms with van der Waals surface area (Å²) in [6.07, 6.45) is 10.3. The Morgan fingerprint density at radius 1 is 1.24 bits per heavy atom. The Hall–Kier alpha value is -1.44. The maximum Gasteiger partial charge on any atom is 0.166 e. The smallest absolute Gasteiger partial charge is 0.166 e. The highest BCUT2D eigenvalue weighted by Gasteiger charge is 2.19. The second kappa shape index (κ2) is 7.53. The van der Waals surface area contributed by atoms with Gasteiger partial charge in [0.05, 0.1) is 0 Å². The van der Waals surface area contributed by atoms with Gasteiger partial charge in [0.1, 0.15) is 0 Å². The van der Waals surface area contributed by atoms with Crippen molar-refractivity contribution in [3.05, 3.63) is 53.6 Å². The largest absolute Gasteiger partial charge is 0.203 e. The van der Waals surface area contributed by atoms with Gasteiger partial charge >= 0.3 is 0 Å². The zero-order valence-corrected chi connectivity index (χ0v) is 12.8. The van der Waals surface area contributed by atoms with Crippen molar-refractivity contribution in [3.63, 3.8) is 0 Å². The summed E-state index contributed by atoms with van der Waals surface area (Å²) < 4.78 is 28.5. The van der Waals surface area contributed by atoms with Crippen molar-refractivity contribution in [2.75, 3.05) is 0 Å². The van der Waals surface area contributed by atoms with E-state index in [0.717, 1.165) is 44.1 Å². The van der Waals surface area contributed by atoms with Crippen LogP contribution in [0.2, 0.25) is 0 Å². The molecule has 21 heavy (non-hydrogen) atoms. The highest BCUT2D eigenvalue weighted by Crippen LogP contribution is 2.33. The lowest BCUT2D eigenvalue weighted by Crippen LogP contribution is -2.05. The average Bonchev–Trinajstić information content (AvgIpc) is 2.52. The van der Waals surface area contributed by atoms with Gasteiger partial charge in [-0.2, -0.15) is 0 Å². The standard InChI is InChI=1S/C19H24F2/c1-3-5-6-7-16-12-13-17(19(21)18(16)20)15-10-8-14(4-2)9-11-15/h4,10,12-14H,2-3,5-9,11H2,1H3. The van der Waals surface area contributed by atoms with Crippen LogP contribution >= 0.6 is 0 Å². The van der Waals surface area contributed by atoms with E-state index in [9.17, 15) is 8.78 Å². The van der Waals surface area contributed by atoms with Crippen molar-refractivity contribution in [3.8, 4) is 0 Å². The van der Waals surface area contributed by atoms with Crippen LogP contribution in [0.4, 0.5) is 8.78 Å². The topological polar surface area (TPSA) is 0 Å². The number of halogens is 2. The van der Waals surface area contributed by atoms with E-state index in [0.29, 0.717) is 23.5 Å². The number of allylic oxidation sites excluding steroid dienone is 3. The molecule has 0 N–H and O–H groups in total. The second-order valence-electron chi connectivity index (χ2n) is 5.86. The first-order valence-corrected chi connectivity index (χ1v) is 7.96. The molecule has 1 aliphatic rings. The molecule has 2 heteroatoms. The molecule has 1 aromatic carbocycles. The van der Waals surface area contributed by atoms with E-state index in [1.165, 1.54) is 0 Å². The van der Waals surface area contributed by atoms with Gasteiger partial charge in [-0.15, -0.1) is 6.58 Å². The number of unbranched alkanes of at least 4 members (excludes halogenated alkanes) is 2. The summed E-state index contributed by atoms with van der Waals surface area (Å²) in [6, 6.07) is 3.50. The molecule has 0 amide bonds. The summed E-state index contributed by atoms with van der Waals surface area (Å²) in [5, 5.41) is 0. The first-order chi connectivity index (χ1) is 10.2. The molecule has 0 spiro atoms. The molecule has 1 unspecified atom stereocenters. The minimum atomic E-state index is -0.674. The second-order valence-corrected chi connectivity index (χ2v) is 5.86. The molecule has 2 rings (SSSR count). The summed E-state index contributed by atoms with van der Waals surface area (Å²) in [5.41, 5.74) is 1.88. The van der Waals surface area contributed by atoms with E-state index in [2.05, 4.69) is 13.5 Å². The van der Waals surface area contributed by atoms with Gasteiger partial charge in [0.15, 0.2) is 11.6 Å². The first kappa shape index (κ1) is 15.9. The van der Waals surface area contributed by atoms with Crippen molar-refractivity contribution in [1.82, 2.24) is 0 Å². The number of benzene rings is 1. The molecule has 0 bridgehead atoms. The number of hydrogen-bond donors (Lipinski definition) is 0. The number of rotatable bonds is 6. The minimum Gasteiger partial charge on any atom is -0.203 e. The summed E-state index contributed by atoms with van der Waals surface area (Å²) in [7, 11) is 0. The molecule has 0 aliphatic heterocycles. The van der Waals surface area contributed by atoms with Crippen LogP contribution in [0, 0.1) is 17.6 Å². The van der Waals surface area contributed by atoms with E-state index < -0.39 is 11.6 Å². The highest BCUT2D eigenvalue weighted by molar-refractivity contribution is 5.67. The molecule has 0 aromatic heterocycles. The lowest BCUT2D eigenvalue weighted by atomic mass is 9.86. The summed E-state index contributed by atoms with van der Waals surface area (Å²) in [6.45, 7) is 5.90. The van der Waals surface area contributed by atoms with Crippen molar-refractivity contribution in [1.29, 1.82) is 0 Å². The van der Waals surface area contributed by atoms with Crippen LogP contribution in [-0.2, 0) is 6.42 Å². The van der Waals surface area contributed by atoms with Gasteiger partial charge in [0.2, 0.25) is 0 Å². The Kier molecular flexibility index (Phi) is 5.72. The average molecular weight is 290 g/mol. The fourth-order valence-corrected chi connectivity index (χ4v) is 2.91. The summed E-state index contributed by atoms with van der Waals surface area (Å²) in [5.74, 6) is -0.863. The molecule has 0 nitrogen and oxygen atoms in total. The van der Waals surface area contributed by atoms with Crippen LogP contribution in [0.15, 0.2) is 30.9 Å². The molecule has 0 radical (unpaired) electrons.